The molecule has 0 unspecified atom stereocenters. The molecule has 0 radical (unpaired) electrons. The molecule has 10 heteroatoms. The topological polar surface area (TPSA) is 6.25 Å². The molecule has 0 aromatic heterocycles. The fraction of sp³-hybridized carbons (Fsp3) is 0.486. The summed E-state index contributed by atoms with van der Waals surface area (Å²) in [6.45, 7) is 13.2. The fourth-order valence-corrected chi connectivity index (χ4v) is 7.03. The van der Waals surface area contributed by atoms with Crippen LogP contribution in [0.3, 0.4) is 0 Å². The number of anilines is 1. The van der Waals surface area contributed by atoms with E-state index in [1.165, 1.54) is 33.9 Å². The average molecular weight is 899 g/mol. The molecule has 0 N–H and O–H groups in total. The Balaban J connectivity index is 0.00000368. The highest BCUT2D eigenvalue weighted by molar-refractivity contribution is 6.32. The van der Waals surface area contributed by atoms with Crippen LogP contribution in [0.4, 0.5) is 11.4 Å². The third kappa shape index (κ3) is 10.7. The van der Waals surface area contributed by atoms with Gasteiger partial charge in [-0.15, -0.1) is 0 Å². The lowest BCUT2D eigenvalue weighted by Crippen LogP contribution is -3.00. The quantitative estimate of drug-likeness (QED) is 0.174. The molecule has 262 valence electrons. The molecule has 2 aliphatic rings. The number of benzene rings is 2. The van der Waals surface area contributed by atoms with Gasteiger partial charge in [0.25, 0.3) is 0 Å². The Morgan fingerprint density at radius 1 is 0.787 bits per heavy atom. The molecule has 4 rings (SSSR count). The van der Waals surface area contributed by atoms with Crippen molar-refractivity contribution in [3.8, 4) is 0 Å². The predicted molar refractivity (Wildman–Crippen MR) is 192 cm³/mol. The van der Waals surface area contributed by atoms with Gasteiger partial charge in [-0.1, -0.05) is 48.7 Å². The van der Waals surface area contributed by atoms with Crippen LogP contribution in [0.25, 0.3) is 0 Å². The number of halogens is 6. The van der Waals surface area contributed by atoms with Crippen LogP contribution in [0.1, 0.15) is 51.7 Å². The van der Waals surface area contributed by atoms with Gasteiger partial charge in [0.1, 0.15) is 0 Å². The summed E-state index contributed by atoms with van der Waals surface area (Å²) in [5.74, 6) is 0. The van der Waals surface area contributed by atoms with Crippen LogP contribution in [-0.4, -0.2) is 87.7 Å². The van der Waals surface area contributed by atoms with Crippen LogP contribution in [0.15, 0.2) is 71.4 Å². The van der Waals surface area contributed by atoms with Gasteiger partial charge in [0.15, 0.2) is 12.3 Å². The zero-order chi connectivity index (χ0) is 32.7. The number of quaternary nitrogens is 2. The molecule has 0 saturated heterocycles. The van der Waals surface area contributed by atoms with Gasteiger partial charge in [0, 0.05) is 62.5 Å². The number of allylic oxidation sites excluding steroid dienone is 6. The minimum absolute atomic E-state index is 0. The van der Waals surface area contributed by atoms with Gasteiger partial charge in [-0.3, -0.25) is 0 Å². The minimum atomic E-state index is -0.195. The lowest BCUT2D eigenvalue weighted by molar-refractivity contribution is -0.871. The van der Waals surface area contributed by atoms with Gasteiger partial charge < -0.3 is 64.8 Å². The maximum absolute atomic E-state index is 6.95. The first-order valence-electron chi connectivity index (χ1n) is 15.7. The smallest absolute Gasteiger partial charge is 0.209 e. The summed E-state index contributed by atoms with van der Waals surface area (Å²) >= 11 is 19.9. The van der Waals surface area contributed by atoms with Crippen LogP contribution in [0.2, 0.25) is 10.0 Å². The highest BCUT2D eigenvalue weighted by atomic mass is 79.9. The molecule has 2 aromatic carbocycles. The molecular formula is C37H52Br3Cl3N4. The van der Waals surface area contributed by atoms with E-state index in [-0.39, 0.29) is 61.8 Å². The molecule has 0 aliphatic carbocycles. The Morgan fingerprint density at radius 3 is 1.94 bits per heavy atom. The summed E-state index contributed by atoms with van der Waals surface area (Å²) in [6, 6.07) is 12.5. The monoisotopic (exact) mass is 894 g/mol. The zero-order valence-corrected chi connectivity index (χ0v) is 36.6. The van der Waals surface area contributed by atoms with E-state index in [9.17, 15) is 0 Å². The lowest BCUT2D eigenvalue weighted by atomic mass is 9.81. The Hall–Kier alpha value is -0.640. The molecule has 47 heavy (non-hydrogen) atoms. The molecule has 0 atom stereocenters. The van der Waals surface area contributed by atoms with E-state index in [2.05, 4.69) is 116 Å². The van der Waals surface area contributed by atoms with Crippen molar-refractivity contribution >= 4 is 51.9 Å². The van der Waals surface area contributed by atoms with E-state index in [1.54, 1.807) is 0 Å². The second-order valence-corrected chi connectivity index (χ2v) is 16.7. The van der Waals surface area contributed by atoms with Gasteiger partial charge in [-0.2, -0.15) is 4.58 Å². The van der Waals surface area contributed by atoms with E-state index >= 15 is 0 Å². The van der Waals surface area contributed by atoms with E-state index in [0.29, 0.717) is 5.03 Å². The largest absolute Gasteiger partial charge is 1.00 e. The molecule has 0 bridgehead atoms. The van der Waals surface area contributed by atoms with Gasteiger partial charge in [0.2, 0.25) is 5.69 Å². The van der Waals surface area contributed by atoms with E-state index < -0.39 is 0 Å². The molecule has 4 nitrogen and oxygen atoms in total. The number of hydrogen-bond acceptors (Lipinski definition) is 1. The summed E-state index contributed by atoms with van der Waals surface area (Å²) in [4.78, 5) is 2.45. The fourth-order valence-electron chi connectivity index (χ4n) is 6.56. The SMILES string of the molecule is CC1(C)C(/C=C/C(Cl)=C/C=C2/N(CCC[N+](C)(C)C)c3ccc(Cl)cc3C2(C)C)=[N+](CCC[N+](C)(C)C)c2ccc(Cl)cc21.[Br-].[Br-].[Br-]. The van der Waals surface area contributed by atoms with Crippen molar-refractivity contribution < 1.29 is 64.5 Å². The second kappa shape index (κ2) is 17.0. The molecule has 0 spiro atoms. The number of hydrogen-bond donors (Lipinski definition) is 0. The van der Waals surface area contributed by atoms with Gasteiger partial charge in [-0.25, -0.2) is 0 Å². The maximum atomic E-state index is 6.95. The summed E-state index contributed by atoms with van der Waals surface area (Å²) in [7, 11) is 13.5. The third-order valence-electron chi connectivity index (χ3n) is 8.93. The Bertz CT molecular complexity index is 1530. The first-order valence-corrected chi connectivity index (χ1v) is 16.8. The van der Waals surface area contributed by atoms with E-state index in [1.807, 2.05) is 24.3 Å². The normalized spacial score (nSPS) is 17.8. The minimum Gasteiger partial charge on any atom is -1.00 e. The van der Waals surface area contributed by atoms with Crippen molar-refractivity contribution in [1.29, 1.82) is 0 Å². The summed E-state index contributed by atoms with van der Waals surface area (Å²) in [5, 5.41) is 2.23. The van der Waals surface area contributed by atoms with Crippen LogP contribution < -0.4 is 55.8 Å². The number of fused-ring (bicyclic) bond motifs is 2. The van der Waals surface area contributed by atoms with E-state index in [4.69, 9.17) is 34.8 Å². The van der Waals surface area contributed by atoms with Crippen molar-refractivity contribution in [2.45, 2.75) is 51.4 Å². The van der Waals surface area contributed by atoms with Gasteiger partial charge in [-0.05, 0) is 68.0 Å². The van der Waals surface area contributed by atoms with Gasteiger partial charge >= 0.3 is 0 Å². The van der Waals surface area contributed by atoms with Gasteiger partial charge in [0.05, 0.1) is 67.2 Å². The van der Waals surface area contributed by atoms with E-state index in [0.717, 1.165) is 58.0 Å². The Kier molecular flexibility index (Phi) is 16.1. The van der Waals surface area contributed by atoms with Crippen LogP contribution in [-0.2, 0) is 10.8 Å². The average Bonchev–Trinajstić information content (AvgIpc) is 3.22. The lowest BCUT2D eigenvalue weighted by Gasteiger charge is -2.29. The van der Waals surface area contributed by atoms with Crippen LogP contribution in [0, 0.1) is 0 Å². The Morgan fingerprint density at radius 2 is 1.34 bits per heavy atom. The molecular weight excluding hydrogens is 847 g/mol. The first-order chi connectivity index (χ1) is 20.3. The highest BCUT2D eigenvalue weighted by Gasteiger charge is 2.44. The molecule has 2 heterocycles. The van der Waals surface area contributed by atoms with Crippen LogP contribution in [0.5, 0.6) is 0 Å². The first kappa shape index (κ1) is 44.4. The number of rotatable bonds is 11. The van der Waals surface area contributed by atoms with Crippen molar-refractivity contribution in [1.82, 2.24) is 0 Å². The molecule has 0 amide bonds. The molecule has 2 aliphatic heterocycles. The predicted octanol–water partition coefficient (Wildman–Crippen LogP) is -0.0652. The summed E-state index contributed by atoms with van der Waals surface area (Å²) in [6.07, 6.45) is 10.7. The van der Waals surface area contributed by atoms with Crippen molar-refractivity contribution in [2.24, 2.45) is 0 Å². The second-order valence-electron chi connectivity index (χ2n) is 15.4. The number of nitrogens with zero attached hydrogens (tertiary/aromatic N) is 4. The molecule has 0 fully saturated rings. The summed E-state index contributed by atoms with van der Waals surface area (Å²) in [5.41, 5.74) is 7.06. The van der Waals surface area contributed by atoms with Crippen molar-refractivity contribution in [3.63, 3.8) is 0 Å². The summed E-state index contributed by atoms with van der Waals surface area (Å²) < 4.78 is 4.34. The standard InChI is InChI=1S/C37H52Cl3N4.3BrH/c1-36(2)30-25-28(39)13-17-32(30)41(21-11-23-43(5,6)7)34(36)19-15-27(38)16-20-35-37(3,4)31-26-29(40)14-18-33(31)42(35)22-12-24-44(8,9)10;;;/h13-20,25-26H,11-12,21-24H2,1-10H3;3*1H/q+3;;;/p-3. The zero-order valence-electron chi connectivity index (χ0n) is 29.6. The van der Waals surface area contributed by atoms with Crippen molar-refractivity contribution in [3.05, 3.63) is 92.6 Å². The Labute approximate surface area is 331 Å². The molecule has 0 saturated carbocycles. The molecule has 2 aromatic rings. The van der Waals surface area contributed by atoms with Crippen molar-refractivity contribution in [2.75, 3.05) is 73.4 Å². The van der Waals surface area contributed by atoms with Crippen LogP contribution >= 0.6 is 34.8 Å². The highest BCUT2D eigenvalue weighted by Crippen LogP contribution is 2.49. The third-order valence-corrected chi connectivity index (χ3v) is 9.65. The maximum Gasteiger partial charge on any atom is 0.209 e.